The van der Waals surface area contributed by atoms with Gasteiger partial charge < -0.3 is 0 Å². The summed E-state index contributed by atoms with van der Waals surface area (Å²) in [7, 11) is 0. The molecule has 130 valence electrons. The maximum atomic E-state index is 9.28. The quantitative estimate of drug-likeness (QED) is 0.582. The summed E-state index contributed by atoms with van der Waals surface area (Å²) in [6.07, 6.45) is 0. The van der Waals surface area contributed by atoms with Crippen molar-refractivity contribution in [1.82, 2.24) is 9.97 Å². The third-order valence-electron chi connectivity index (χ3n) is 3.53. The van der Waals surface area contributed by atoms with Gasteiger partial charge in [0.15, 0.2) is 0 Å². The second-order valence-electron chi connectivity index (χ2n) is 5.68. The Bertz CT molecular complexity index is 895. The van der Waals surface area contributed by atoms with Crippen LogP contribution in [0.3, 0.4) is 0 Å². The molecular weight excluding hydrogens is 360 g/mol. The summed E-state index contributed by atoms with van der Waals surface area (Å²) < 4.78 is 0. The highest BCUT2D eigenvalue weighted by Gasteiger charge is 2.09. The smallest absolute Gasteiger partial charge is 0.115 e. The van der Waals surface area contributed by atoms with Crippen LogP contribution in [-0.2, 0) is 0 Å². The van der Waals surface area contributed by atoms with Gasteiger partial charge in [0, 0.05) is 11.4 Å². The van der Waals surface area contributed by atoms with E-state index in [2.05, 4.69) is 33.9 Å². The van der Waals surface area contributed by atoms with Crippen LogP contribution in [-0.4, -0.2) is 21.5 Å². The van der Waals surface area contributed by atoms with Crippen molar-refractivity contribution in [2.75, 3.05) is 11.5 Å². The normalized spacial score (nSPS) is 9.77. The van der Waals surface area contributed by atoms with Crippen molar-refractivity contribution in [1.29, 1.82) is 10.5 Å². The molecule has 0 aromatic carbocycles. The lowest BCUT2D eigenvalue weighted by Crippen LogP contribution is -1.95. The molecular formula is C20H18N4S2. The van der Waals surface area contributed by atoms with Crippen molar-refractivity contribution in [2.24, 2.45) is 0 Å². The van der Waals surface area contributed by atoms with Crippen molar-refractivity contribution >= 4 is 23.5 Å². The van der Waals surface area contributed by atoms with Crippen LogP contribution in [0.25, 0.3) is 0 Å². The van der Waals surface area contributed by atoms with Gasteiger partial charge in [-0.1, -0.05) is 35.4 Å². The third-order valence-corrected chi connectivity index (χ3v) is 5.25. The molecule has 6 heteroatoms. The lowest BCUT2D eigenvalue weighted by molar-refractivity contribution is 1.03. The van der Waals surface area contributed by atoms with Gasteiger partial charge in [0.05, 0.1) is 22.6 Å². The molecule has 0 aliphatic carbocycles. The number of thioether (sulfide) groups is 2. The standard InChI is InChI=1S/C20H18N4S2/c1-13-9-15(3)23-19(17(13)11-21)25-7-5-6-8-26-20-18(12-22)14(2)10-16(4)24-20/h9-10H,7-8H2,1-4H3. The molecule has 0 aliphatic rings. The van der Waals surface area contributed by atoms with E-state index in [4.69, 9.17) is 0 Å². The van der Waals surface area contributed by atoms with Crippen molar-refractivity contribution in [3.05, 3.63) is 45.8 Å². The fraction of sp³-hybridized carbons (Fsp3) is 0.300. The van der Waals surface area contributed by atoms with Gasteiger partial charge in [0.1, 0.15) is 22.2 Å². The van der Waals surface area contributed by atoms with Gasteiger partial charge in [-0.3, -0.25) is 0 Å². The van der Waals surface area contributed by atoms with E-state index in [1.54, 1.807) is 0 Å². The SMILES string of the molecule is Cc1cc(C)c(C#N)c(SCC#CCSc2nc(C)cc(C)c2C#N)n1. The zero-order valence-corrected chi connectivity index (χ0v) is 16.8. The van der Waals surface area contributed by atoms with Crippen LogP contribution < -0.4 is 0 Å². The predicted octanol–water partition coefficient (Wildman–Crippen LogP) is 4.34. The van der Waals surface area contributed by atoms with E-state index >= 15 is 0 Å². The summed E-state index contributed by atoms with van der Waals surface area (Å²) in [5.74, 6) is 7.32. The van der Waals surface area contributed by atoms with E-state index in [0.29, 0.717) is 22.6 Å². The molecule has 0 aliphatic heterocycles. The molecule has 2 aromatic heterocycles. The predicted molar refractivity (Wildman–Crippen MR) is 106 cm³/mol. The zero-order chi connectivity index (χ0) is 19.1. The Morgan fingerprint density at radius 1 is 0.769 bits per heavy atom. The Labute approximate surface area is 163 Å². The Hall–Kier alpha value is -2.46. The topological polar surface area (TPSA) is 73.4 Å². The number of nitrogens with zero attached hydrogens (tertiary/aromatic N) is 4. The number of nitriles is 2. The largest absolute Gasteiger partial charge is 0.245 e. The lowest BCUT2D eigenvalue weighted by Gasteiger charge is -2.05. The maximum absolute atomic E-state index is 9.28. The van der Waals surface area contributed by atoms with Crippen LogP contribution in [0, 0.1) is 62.2 Å². The molecule has 0 saturated carbocycles. The summed E-state index contributed by atoms with van der Waals surface area (Å²) in [6.45, 7) is 7.68. The minimum absolute atomic E-state index is 0.566. The fourth-order valence-electron chi connectivity index (χ4n) is 2.40. The first-order valence-corrected chi connectivity index (χ1v) is 9.91. The van der Waals surface area contributed by atoms with Gasteiger partial charge >= 0.3 is 0 Å². The number of hydrogen-bond acceptors (Lipinski definition) is 6. The number of aromatic nitrogens is 2. The van der Waals surface area contributed by atoms with E-state index in [0.717, 1.165) is 32.6 Å². The summed E-state index contributed by atoms with van der Waals surface area (Å²) in [6, 6.07) is 8.25. The van der Waals surface area contributed by atoms with Crippen LogP contribution in [0.4, 0.5) is 0 Å². The summed E-state index contributed by atoms with van der Waals surface area (Å²) in [5.41, 5.74) is 4.92. The van der Waals surface area contributed by atoms with Gasteiger partial charge in [0.25, 0.3) is 0 Å². The molecule has 2 aromatic rings. The first kappa shape index (κ1) is 19.9. The van der Waals surface area contributed by atoms with E-state index in [-0.39, 0.29) is 0 Å². The van der Waals surface area contributed by atoms with Crippen molar-refractivity contribution < 1.29 is 0 Å². The molecule has 0 saturated heterocycles. The van der Waals surface area contributed by atoms with Gasteiger partial charge in [-0.2, -0.15) is 10.5 Å². The number of aryl methyl sites for hydroxylation is 4. The Morgan fingerprint density at radius 2 is 1.15 bits per heavy atom. The van der Waals surface area contributed by atoms with E-state index in [9.17, 15) is 10.5 Å². The molecule has 0 spiro atoms. The van der Waals surface area contributed by atoms with E-state index < -0.39 is 0 Å². The van der Waals surface area contributed by atoms with Crippen LogP contribution in [0.1, 0.15) is 33.6 Å². The van der Waals surface area contributed by atoms with Gasteiger partial charge in [0.2, 0.25) is 0 Å². The molecule has 0 amide bonds. The highest BCUT2D eigenvalue weighted by Crippen LogP contribution is 2.24. The average molecular weight is 379 g/mol. The second kappa shape index (κ2) is 9.30. The Kier molecular flexibility index (Phi) is 7.10. The summed E-state index contributed by atoms with van der Waals surface area (Å²) in [5, 5.41) is 20.0. The van der Waals surface area contributed by atoms with Crippen LogP contribution in [0.2, 0.25) is 0 Å². The molecule has 2 rings (SSSR count). The van der Waals surface area contributed by atoms with E-state index in [1.165, 1.54) is 23.5 Å². The maximum Gasteiger partial charge on any atom is 0.115 e. The molecule has 0 bridgehead atoms. The lowest BCUT2D eigenvalue weighted by atomic mass is 10.1. The third kappa shape index (κ3) is 5.02. The zero-order valence-electron chi connectivity index (χ0n) is 15.2. The number of pyridine rings is 2. The monoisotopic (exact) mass is 378 g/mol. The highest BCUT2D eigenvalue weighted by atomic mass is 32.2. The Balaban J connectivity index is 1.98. The van der Waals surface area contributed by atoms with Gasteiger partial charge in [-0.25, -0.2) is 9.97 Å². The van der Waals surface area contributed by atoms with Crippen LogP contribution in [0.5, 0.6) is 0 Å². The van der Waals surface area contributed by atoms with Crippen molar-refractivity contribution in [3.63, 3.8) is 0 Å². The molecule has 0 unspecified atom stereocenters. The molecule has 26 heavy (non-hydrogen) atoms. The summed E-state index contributed by atoms with van der Waals surface area (Å²) in [4.78, 5) is 8.87. The Morgan fingerprint density at radius 3 is 1.50 bits per heavy atom. The molecule has 4 nitrogen and oxygen atoms in total. The van der Waals surface area contributed by atoms with Crippen LogP contribution in [0.15, 0.2) is 22.2 Å². The van der Waals surface area contributed by atoms with Gasteiger partial charge in [-0.15, -0.1) is 0 Å². The molecule has 2 heterocycles. The minimum atomic E-state index is 0.566. The first-order valence-electron chi connectivity index (χ1n) is 7.94. The van der Waals surface area contributed by atoms with Crippen LogP contribution >= 0.6 is 23.5 Å². The van der Waals surface area contributed by atoms with E-state index in [1.807, 2.05) is 39.8 Å². The minimum Gasteiger partial charge on any atom is -0.245 e. The average Bonchev–Trinajstić information content (AvgIpc) is 2.57. The fourth-order valence-corrected chi connectivity index (χ4v) is 4.14. The molecule has 0 radical (unpaired) electrons. The molecule has 0 fully saturated rings. The molecule has 0 N–H and O–H groups in total. The molecule has 0 atom stereocenters. The van der Waals surface area contributed by atoms with Crippen molar-refractivity contribution in [3.8, 4) is 24.0 Å². The van der Waals surface area contributed by atoms with Gasteiger partial charge in [-0.05, 0) is 51.0 Å². The number of rotatable bonds is 4. The second-order valence-corrected chi connectivity index (χ2v) is 7.60. The van der Waals surface area contributed by atoms with Crippen molar-refractivity contribution in [2.45, 2.75) is 37.7 Å². The first-order chi connectivity index (χ1) is 12.5. The highest BCUT2D eigenvalue weighted by molar-refractivity contribution is 7.99. The summed E-state index contributed by atoms with van der Waals surface area (Å²) >= 11 is 2.95. The number of hydrogen-bond donors (Lipinski definition) is 0.